The number of aryl methyl sites for hydroxylation is 3. The molecule has 3 aromatic carbocycles. The number of rotatable bonds is 3. The number of anilines is 1. The van der Waals surface area contributed by atoms with E-state index in [2.05, 4.69) is 0 Å². The Labute approximate surface area is 184 Å². The van der Waals surface area contributed by atoms with E-state index in [4.69, 9.17) is 0 Å². The van der Waals surface area contributed by atoms with Crippen molar-refractivity contribution in [2.75, 3.05) is 4.90 Å². The van der Waals surface area contributed by atoms with Crippen molar-refractivity contribution in [3.8, 4) is 0 Å². The van der Waals surface area contributed by atoms with E-state index in [1.54, 1.807) is 12.1 Å². The van der Waals surface area contributed by atoms with E-state index in [1.165, 1.54) is 54.3 Å². The molecular weight excluding hydrogens is 412 g/mol. The first-order valence-electron chi connectivity index (χ1n) is 10.1. The number of carbonyl (C=O) groups excluding carboxylic acids is 2. The van der Waals surface area contributed by atoms with Gasteiger partial charge in [-0.3, -0.25) is 14.5 Å². The van der Waals surface area contributed by atoms with Gasteiger partial charge in [0.1, 0.15) is 17.4 Å². The number of aliphatic hydroxyl groups excluding tert-OH is 1. The molecule has 1 heterocycles. The molecule has 4 nitrogen and oxygen atoms in total. The van der Waals surface area contributed by atoms with Crippen LogP contribution in [-0.4, -0.2) is 16.8 Å². The predicted molar refractivity (Wildman–Crippen MR) is 118 cm³/mol. The highest BCUT2D eigenvalue weighted by atomic mass is 19.1. The van der Waals surface area contributed by atoms with Gasteiger partial charge in [-0.15, -0.1) is 0 Å². The number of Topliss-reactive ketones (excluding diaryl/α,β-unsaturated/α-hetero) is 1. The molecule has 162 valence electrons. The summed E-state index contributed by atoms with van der Waals surface area (Å²) in [5.41, 5.74) is 3.12. The van der Waals surface area contributed by atoms with Crippen molar-refractivity contribution >= 4 is 23.1 Å². The fraction of sp³-hybridized carbons (Fsp3) is 0.154. The number of aliphatic hydroxyl groups is 1. The van der Waals surface area contributed by atoms with Crippen LogP contribution in [0.5, 0.6) is 0 Å². The lowest BCUT2D eigenvalue weighted by atomic mass is 9.94. The SMILES string of the molecule is Cc1cc(C)cc(N2C(=O)C(=O)/C(=C(\O)c3ccc(F)c(C)c3)C2c2ccc(F)cc2)c1. The second kappa shape index (κ2) is 8.04. The van der Waals surface area contributed by atoms with Gasteiger partial charge in [0.2, 0.25) is 0 Å². The Balaban J connectivity index is 1.97. The van der Waals surface area contributed by atoms with Gasteiger partial charge in [0, 0.05) is 11.3 Å². The van der Waals surface area contributed by atoms with Gasteiger partial charge in [-0.1, -0.05) is 18.2 Å². The zero-order valence-corrected chi connectivity index (χ0v) is 17.8. The molecule has 4 rings (SSSR count). The number of hydrogen-bond donors (Lipinski definition) is 1. The average Bonchev–Trinajstić information content (AvgIpc) is 3.00. The minimum atomic E-state index is -0.970. The maximum atomic E-state index is 13.8. The first-order chi connectivity index (χ1) is 15.2. The minimum Gasteiger partial charge on any atom is -0.507 e. The Morgan fingerprint density at radius 2 is 1.50 bits per heavy atom. The molecule has 3 aromatic rings. The molecule has 1 aliphatic rings. The molecule has 0 aromatic heterocycles. The zero-order chi connectivity index (χ0) is 23.2. The quantitative estimate of drug-likeness (QED) is 0.336. The minimum absolute atomic E-state index is 0.133. The molecule has 1 N–H and O–H groups in total. The normalized spacial score (nSPS) is 17.8. The lowest BCUT2D eigenvalue weighted by Crippen LogP contribution is -2.29. The van der Waals surface area contributed by atoms with E-state index < -0.39 is 35.1 Å². The first-order valence-corrected chi connectivity index (χ1v) is 10.1. The summed E-state index contributed by atoms with van der Waals surface area (Å²) in [6, 6.07) is 13.9. The van der Waals surface area contributed by atoms with E-state index in [-0.39, 0.29) is 16.7 Å². The lowest BCUT2D eigenvalue weighted by Gasteiger charge is -2.26. The van der Waals surface area contributed by atoms with Crippen LogP contribution < -0.4 is 4.90 Å². The molecule has 0 radical (unpaired) electrons. The maximum Gasteiger partial charge on any atom is 0.300 e. The van der Waals surface area contributed by atoms with Crippen LogP contribution in [0, 0.1) is 32.4 Å². The number of carbonyl (C=O) groups is 2. The first kappa shape index (κ1) is 21.4. The number of hydrogen-bond acceptors (Lipinski definition) is 3. The predicted octanol–water partition coefficient (Wildman–Crippen LogP) is 5.52. The molecule has 1 amide bonds. The Bertz CT molecular complexity index is 1260. The largest absolute Gasteiger partial charge is 0.507 e. The summed E-state index contributed by atoms with van der Waals surface area (Å²) in [6.07, 6.45) is 0. The molecule has 1 unspecified atom stereocenters. The van der Waals surface area contributed by atoms with Gasteiger partial charge in [0.05, 0.1) is 11.6 Å². The summed E-state index contributed by atoms with van der Waals surface area (Å²) in [5, 5.41) is 11.1. The molecule has 6 heteroatoms. The third kappa shape index (κ3) is 3.68. The summed E-state index contributed by atoms with van der Waals surface area (Å²) in [6.45, 7) is 5.29. The van der Waals surface area contributed by atoms with Crippen molar-refractivity contribution in [3.05, 3.63) is 106 Å². The number of benzene rings is 3. The van der Waals surface area contributed by atoms with Gasteiger partial charge in [0.15, 0.2) is 0 Å². The molecule has 0 bridgehead atoms. The van der Waals surface area contributed by atoms with Gasteiger partial charge < -0.3 is 5.11 Å². The van der Waals surface area contributed by atoms with Crippen LogP contribution in [0.4, 0.5) is 14.5 Å². The van der Waals surface area contributed by atoms with Crippen LogP contribution in [0.3, 0.4) is 0 Å². The van der Waals surface area contributed by atoms with Gasteiger partial charge in [-0.25, -0.2) is 8.78 Å². The summed E-state index contributed by atoms with van der Waals surface area (Å²) in [5.74, 6) is -2.99. The van der Waals surface area contributed by atoms with Crippen LogP contribution in [0.1, 0.15) is 33.9 Å². The molecule has 1 fully saturated rings. The van der Waals surface area contributed by atoms with Crippen LogP contribution in [0.15, 0.2) is 66.2 Å². The zero-order valence-electron chi connectivity index (χ0n) is 17.8. The average molecular weight is 433 g/mol. The van der Waals surface area contributed by atoms with E-state index in [0.29, 0.717) is 11.3 Å². The highest BCUT2D eigenvalue weighted by molar-refractivity contribution is 6.51. The Kier molecular flexibility index (Phi) is 5.38. The number of ketones is 1. The van der Waals surface area contributed by atoms with Crippen molar-refractivity contribution in [1.29, 1.82) is 0 Å². The fourth-order valence-electron chi connectivity index (χ4n) is 4.10. The summed E-state index contributed by atoms with van der Waals surface area (Å²) >= 11 is 0. The van der Waals surface area contributed by atoms with Crippen LogP contribution in [0.2, 0.25) is 0 Å². The third-order valence-electron chi connectivity index (χ3n) is 5.55. The van der Waals surface area contributed by atoms with Crippen molar-refractivity contribution in [3.63, 3.8) is 0 Å². The topological polar surface area (TPSA) is 57.6 Å². The van der Waals surface area contributed by atoms with Crippen molar-refractivity contribution in [2.24, 2.45) is 0 Å². The molecule has 0 spiro atoms. The van der Waals surface area contributed by atoms with E-state index in [0.717, 1.165) is 11.1 Å². The Morgan fingerprint density at radius 3 is 2.09 bits per heavy atom. The molecule has 1 aliphatic heterocycles. The van der Waals surface area contributed by atoms with Gasteiger partial charge in [0.25, 0.3) is 11.7 Å². The molecule has 1 saturated heterocycles. The van der Waals surface area contributed by atoms with Gasteiger partial charge >= 0.3 is 0 Å². The number of halogens is 2. The van der Waals surface area contributed by atoms with Gasteiger partial charge in [-0.2, -0.15) is 0 Å². The molecule has 0 aliphatic carbocycles. The second-order valence-corrected chi connectivity index (χ2v) is 8.03. The number of amides is 1. The summed E-state index contributed by atoms with van der Waals surface area (Å²) in [4.78, 5) is 27.6. The van der Waals surface area contributed by atoms with E-state index >= 15 is 0 Å². The van der Waals surface area contributed by atoms with E-state index in [9.17, 15) is 23.5 Å². The standard InChI is InChI=1S/C26H21F2NO3/c1-14-10-15(2)12-20(11-14)29-23(17-4-7-19(27)8-5-17)22(25(31)26(29)32)24(30)18-6-9-21(28)16(3)13-18/h4-13,23,30H,1-3H3/b24-22-. The Hall–Kier alpha value is -3.80. The lowest BCUT2D eigenvalue weighted by molar-refractivity contribution is -0.132. The van der Waals surface area contributed by atoms with Crippen LogP contribution >= 0.6 is 0 Å². The van der Waals surface area contributed by atoms with Crippen molar-refractivity contribution < 1.29 is 23.5 Å². The molecule has 32 heavy (non-hydrogen) atoms. The van der Waals surface area contributed by atoms with Gasteiger partial charge in [-0.05, 0) is 85.5 Å². The van der Waals surface area contributed by atoms with Crippen molar-refractivity contribution in [1.82, 2.24) is 0 Å². The summed E-state index contributed by atoms with van der Waals surface area (Å²) in [7, 11) is 0. The Morgan fingerprint density at radius 1 is 0.875 bits per heavy atom. The van der Waals surface area contributed by atoms with E-state index in [1.807, 2.05) is 19.9 Å². The third-order valence-corrected chi connectivity index (χ3v) is 5.55. The smallest absolute Gasteiger partial charge is 0.300 e. The highest BCUT2D eigenvalue weighted by Gasteiger charge is 2.47. The highest BCUT2D eigenvalue weighted by Crippen LogP contribution is 2.42. The molecule has 1 atom stereocenters. The molecule has 0 saturated carbocycles. The van der Waals surface area contributed by atoms with Crippen LogP contribution in [-0.2, 0) is 9.59 Å². The second-order valence-electron chi connectivity index (χ2n) is 8.03. The summed E-state index contributed by atoms with van der Waals surface area (Å²) < 4.78 is 27.4. The van der Waals surface area contributed by atoms with Crippen LogP contribution in [0.25, 0.3) is 5.76 Å². The molecular formula is C26H21F2NO3. The van der Waals surface area contributed by atoms with Crippen molar-refractivity contribution in [2.45, 2.75) is 26.8 Å². The maximum absolute atomic E-state index is 13.8. The monoisotopic (exact) mass is 433 g/mol. The fourth-order valence-corrected chi connectivity index (χ4v) is 4.10. The number of nitrogens with zero attached hydrogens (tertiary/aromatic N) is 1.